The van der Waals surface area contributed by atoms with Crippen molar-refractivity contribution in [1.29, 1.82) is 0 Å². The number of fused-ring (bicyclic) bond motifs is 1. The van der Waals surface area contributed by atoms with Crippen LogP contribution < -0.4 is 5.32 Å². The third-order valence-corrected chi connectivity index (χ3v) is 2.65. The number of benzene rings is 1. The van der Waals surface area contributed by atoms with Crippen LogP contribution >= 0.6 is 0 Å². The number of hydrogen-bond donors (Lipinski definition) is 1. The van der Waals surface area contributed by atoms with Gasteiger partial charge in [0.2, 0.25) is 0 Å². The van der Waals surface area contributed by atoms with Crippen molar-refractivity contribution < 1.29 is 0 Å². The molecule has 1 unspecified atom stereocenters. The van der Waals surface area contributed by atoms with E-state index in [-0.39, 0.29) is 0 Å². The molecule has 1 aliphatic carbocycles. The molecule has 0 saturated carbocycles. The maximum absolute atomic E-state index is 3.77. The monoisotopic (exact) mass is 173 g/mol. The lowest BCUT2D eigenvalue weighted by Gasteiger charge is -2.31. The maximum Gasteiger partial charge on any atom is 0.0363 e. The quantitative estimate of drug-likeness (QED) is 0.740. The van der Waals surface area contributed by atoms with Gasteiger partial charge in [-0.3, -0.25) is 0 Å². The van der Waals surface area contributed by atoms with Gasteiger partial charge in [-0.1, -0.05) is 37.8 Å². The van der Waals surface area contributed by atoms with Gasteiger partial charge in [0.05, 0.1) is 0 Å². The fourth-order valence-electron chi connectivity index (χ4n) is 1.90. The third-order valence-electron chi connectivity index (χ3n) is 2.65. The number of hydrogen-bond acceptors (Lipinski definition) is 1. The summed E-state index contributed by atoms with van der Waals surface area (Å²) in [5.74, 6) is 0. The van der Waals surface area contributed by atoms with Gasteiger partial charge in [-0.25, -0.2) is 0 Å². The highest BCUT2D eigenvalue weighted by molar-refractivity contribution is 5.53. The highest BCUT2D eigenvalue weighted by Gasteiger charge is 2.24. The molecule has 0 heterocycles. The molecule has 1 aromatic rings. The molecule has 1 N–H and O–H groups in total. The summed E-state index contributed by atoms with van der Waals surface area (Å²) >= 11 is 0. The van der Waals surface area contributed by atoms with Crippen molar-refractivity contribution >= 4 is 6.08 Å². The van der Waals surface area contributed by atoms with Crippen LogP contribution in [0.2, 0.25) is 0 Å². The van der Waals surface area contributed by atoms with Crippen LogP contribution in [0.4, 0.5) is 0 Å². The molecular formula is C12H15N. The number of nitrogens with one attached hydrogen (secondary N) is 1. The van der Waals surface area contributed by atoms with Gasteiger partial charge in [0.15, 0.2) is 0 Å². The standard InChI is InChI=1S/C12H15N/c1-3-9-5-6-11-10(7-9)8-12(11)13-4-2/h3,5-7,12-13H,1,4,8H2,2H3. The highest BCUT2D eigenvalue weighted by Crippen LogP contribution is 2.33. The van der Waals surface area contributed by atoms with E-state index in [4.69, 9.17) is 0 Å². The highest BCUT2D eigenvalue weighted by atomic mass is 14.9. The molecule has 0 aromatic heterocycles. The van der Waals surface area contributed by atoms with Crippen LogP contribution in [0.15, 0.2) is 24.8 Å². The van der Waals surface area contributed by atoms with Crippen LogP contribution in [0, 0.1) is 0 Å². The predicted molar refractivity (Wildman–Crippen MR) is 56.7 cm³/mol. The van der Waals surface area contributed by atoms with Gasteiger partial charge in [0, 0.05) is 6.04 Å². The van der Waals surface area contributed by atoms with Crippen LogP contribution in [0.5, 0.6) is 0 Å². The lowest BCUT2D eigenvalue weighted by Crippen LogP contribution is -2.30. The molecule has 2 rings (SSSR count). The van der Waals surface area contributed by atoms with E-state index in [0.717, 1.165) is 6.54 Å². The van der Waals surface area contributed by atoms with Crippen molar-refractivity contribution in [3.05, 3.63) is 41.5 Å². The molecule has 1 atom stereocenters. The van der Waals surface area contributed by atoms with E-state index in [1.54, 1.807) is 0 Å². The molecule has 68 valence electrons. The Bertz CT molecular complexity index is 328. The summed E-state index contributed by atoms with van der Waals surface area (Å²) in [5.41, 5.74) is 4.17. The normalized spacial score (nSPS) is 19.0. The predicted octanol–water partition coefficient (Wildman–Crippen LogP) is 2.54. The smallest absolute Gasteiger partial charge is 0.0363 e. The lowest BCUT2D eigenvalue weighted by atomic mass is 9.82. The molecule has 1 aliphatic rings. The van der Waals surface area contributed by atoms with Gasteiger partial charge in [-0.05, 0) is 29.7 Å². The SMILES string of the molecule is C=Cc1ccc2c(c1)CC2NCC. The summed E-state index contributed by atoms with van der Waals surface area (Å²) in [6.07, 6.45) is 3.08. The van der Waals surface area contributed by atoms with Crippen molar-refractivity contribution in [1.82, 2.24) is 5.32 Å². The first-order valence-corrected chi connectivity index (χ1v) is 4.83. The molecule has 0 saturated heterocycles. The fourth-order valence-corrected chi connectivity index (χ4v) is 1.90. The molecule has 0 bridgehead atoms. The number of likely N-dealkylation sites (N-methyl/N-ethyl adjacent to an activating group) is 1. The first-order chi connectivity index (χ1) is 6.35. The van der Waals surface area contributed by atoms with Crippen molar-refractivity contribution in [3.63, 3.8) is 0 Å². The van der Waals surface area contributed by atoms with Gasteiger partial charge >= 0.3 is 0 Å². The molecule has 1 aromatic carbocycles. The molecule has 0 aliphatic heterocycles. The molecule has 0 spiro atoms. The Morgan fingerprint density at radius 1 is 1.62 bits per heavy atom. The Morgan fingerprint density at radius 3 is 3.08 bits per heavy atom. The summed E-state index contributed by atoms with van der Waals surface area (Å²) in [4.78, 5) is 0. The van der Waals surface area contributed by atoms with Crippen molar-refractivity contribution in [2.24, 2.45) is 0 Å². The zero-order chi connectivity index (χ0) is 9.26. The largest absolute Gasteiger partial charge is 0.310 e. The van der Waals surface area contributed by atoms with Gasteiger partial charge in [-0.15, -0.1) is 0 Å². The maximum atomic E-state index is 3.77. The molecule has 0 radical (unpaired) electrons. The summed E-state index contributed by atoms with van der Waals surface area (Å²) in [7, 11) is 0. The van der Waals surface area contributed by atoms with Crippen LogP contribution in [0.3, 0.4) is 0 Å². The minimum absolute atomic E-state index is 0.596. The van der Waals surface area contributed by atoms with Crippen LogP contribution in [-0.2, 0) is 6.42 Å². The summed E-state index contributed by atoms with van der Waals surface area (Å²) in [6, 6.07) is 7.17. The van der Waals surface area contributed by atoms with Crippen LogP contribution in [0.25, 0.3) is 6.08 Å². The lowest BCUT2D eigenvalue weighted by molar-refractivity contribution is 0.497. The second-order valence-electron chi connectivity index (χ2n) is 3.48. The Balaban J connectivity index is 2.20. The number of rotatable bonds is 3. The molecule has 1 heteroatoms. The Hall–Kier alpha value is -1.08. The van der Waals surface area contributed by atoms with E-state index < -0.39 is 0 Å². The van der Waals surface area contributed by atoms with Gasteiger partial charge < -0.3 is 5.32 Å². The van der Waals surface area contributed by atoms with Gasteiger partial charge in [0.1, 0.15) is 0 Å². The van der Waals surface area contributed by atoms with E-state index in [0.29, 0.717) is 6.04 Å². The van der Waals surface area contributed by atoms with E-state index in [1.807, 2.05) is 6.08 Å². The fraction of sp³-hybridized carbons (Fsp3) is 0.333. The molecule has 13 heavy (non-hydrogen) atoms. The second kappa shape index (κ2) is 3.35. The van der Waals surface area contributed by atoms with Gasteiger partial charge in [0.25, 0.3) is 0 Å². The van der Waals surface area contributed by atoms with Gasteiger partial charge in [-0.2, -0.15) is 0 Å². The van der Waals surface area contributed by atoms with Crippen LogP contribution in [-0.4, -0.2) is 6.54 Å². The van der Waals surface area contributed by atoms with E-state index in [1.165, 1.54) is 23.1 Å². The van der Waals surface area contributed by atoms with E-state index in [9.17, 15) is 0 Å². The summed E-state index contributed by atoms with van der Waals surface area (Å²) in [6.45, 7) is 6.96. The average molecular weight is 173 g/mol. The zero-order valence-electron chi connectivity index (χ0n) is 8.01. The van der Waals surface area contributed by atoms with Crippen molar-refractivity contribution in [3.8, 4) is 0 Å². The first-order valence-electron chi connectivity index (χ1n) is 4.83. The minimum Gasteiger partial charge on any atom is -0.310 e. The topological polar surface area (TPSA) is 12.0 Å². The first kappa shape index (κ1) is 8.52. The van der Waals surface area contributed by atoms with E-state index >= 15 is 0 Å². The van der Waals surface area contributed by atoms with Crippen molar-refractivity contribution in [2.45, 2.75) is 19.4 Å². The zero-order valence-corrected chi connectivity index (χ0v) is 8.01. The Morgan fingerprint density at radius 2 is 2.46 bits per heavy atom. The second-order valence-corrected chi connectivity index (χ2v) is 3.48. The van der Waals surface area contributed by atoms with Crippen LogP contribution in [0.1, 0.15) is 29.7 Å². The molecule has 1 nitrogen and oxygen atoms in total. The third kappa shape index (κ3) is 1.40. The van der Waals surface area contributed by atoms with E-state index in [2.05, 4.69) is 37.0 Å². The Labute approximate surface area is 79.5 Å². The van der Waals surface area contributed by atoms with Crippen molar-refractivity contribution in [2.75, 3.05) is 6.54 Å². The molecule has 0 amide bonds. The average Bonchev–Trinajstić information content (AvgIpc) is 2.14. The minimum atomic E-state index is 0.596. The molecule has 0 fully saturated rings. The Kier molecular flexibility index (Phi) is 2.19. The molecular weight excluding hydrogens is 158 g/mol. The summed E-state index contributed by atoms with van der Waals surface area (Å²) in [5, 5.41) is 3.45. The summed E-state index contributed by atoms with van der Waals surface area (Å²) < 4.78 is 0.